The van der Waals surface area contributed by atoms with Crippen LogP contribution in [0.5, 0.6) is 0 Å². The maximum atomic E-state index is 10.7. The summed E-state index contributed by atoms with van der Waals surface area (Å²) in [5, 5.41) is 16.8. The fourth-order valence-corrected chi connectivity index (χ4v) is 0.719. The number of hydrogen-bond acceptors (Lipinski definition) is 3. The zero-order valence-electron chi connectivity index (χ0n) is 5.87. The minimum Gasteiger partial charge on any atom is -0.477 e. The molecular weight excluding hydrogens is 160 g/mol. The number of carboxylic acids is 1. The predicted molar refractivity (Wildman–Crippen MR) is 38.7 cm³/mol. The van der Waals surface area contributed by atoms with E-state index >= 15 is 0 Å². The summed E-state index contributed by atoms with van der Waals surface area (Å²) in [7, 11) is 0. The average molecular weight is 164 g/mol. The van der Waals surface area contributed by atoms with Crippen LogP contribution in [-0.4, -0.2) is 16.1 Å². The van der Waals surface area contributed by atoms with Gasteiger partial charge in [0.15, 0.2) is 5.43 Å². The Morgan fingerprint density at radius 2 is 2.25 bits per heavy atom. The van der Waals surface area contributed by atoms with Gasteiger partial charge in [0, 0.05) is 12.1 Å². The molecule has 0 aliphatic heterocycles. The molecule has 0 bridgehead atoms. The van der Waals surface area contributed by atoms with Crippen LogP contribution in [0.1, 0.15) is 16.2 Å². The molecule has 0 unspecified atom stereocenters. The molecule has 1 aromatic heterocycles. The number of rotatable bonds is 1. The molecular formula is C7H4N2O3. The van der Waals surface area contributed by atoms with Gasteiger partial charge < -0.3 is 10.1 Å². The largest absolute Gasteiger partial charge is 0.477 e. The number of H-pyrrole nitrogens is 1. The fraction of sp³-hybridized carbons (Fsp3) is 0. The van der Waals surface area contributed by atoms with E-state index in [1.165, 1.54) is 0 Å². The second kappa shape index (κ2) is 2.88. The first-order chi connectivity index (χ1) is 5.63. The van der Waals surface area contributed by atoms with E-state index in [1.54, 1.807) is 6.07 Å². The highest BCUT2D eigenvalue weighted by Gasteiger charge is 2.04. The number of aromatic nitrogens is 1. The Morgan fingerprint density at radius 1 is 1.58 bits per heavy atom. The maximum Gasteiger partial charge on any atom is 0.352 e. The zero-order chi connectivity index (χ0) is 9.14. The minimum absolute atomic E-state index is 0.0556. The number of carboxylic acid groups (broad SMARTS) is 1. The number of nitriles is 1. The number of aromatic amines is 1. The van der Waals surface area contributed by atoms with Crippen molar-refractivity contribution in [2.24, 2.45) is 0 Å². The lowest BCUT2D eigenvalue weighted by Crippen LogP contribution is -2.09. The van der Waals surface area contributed by atoms with Gasteiger partial charge in [-0.25, -0.2) is 4.79 Å². The third-order valence-corrected chi connectivity index (χ3v) is 1.19. The van der Waals surface area contributed by atoms with Gasteiger partial charge in [0.05, 0.1) is 0 Å². The van der Waals surface area contributed by atoms with Crippen LogP contribution in [0.2, 0.25) is 0 Å². The smallest absolute Gasteiger partial charge is 0.352 e. The number of nitrogens with one attached hydrogen (secondary N) is 1. The molecule has 1 rings (SSSR count). The van der Waals surface area contributed by atoms with E-state index < -0.39 is 11.4 Å². The number of aromatic carboxylic acids is 1. The SMILES string of the molecule is N#Cc1cc(=O)cc(C(=O)O)[nH]1. The normalized spacial score (nSPS) is 8.92. The van der Waals surface area contributed by atoms with Crippen molar-refractivity contribution in [3.8, 4) is 6.07 Å². The van der Waals surface area contributed by atoms with Crippen molar-refractivity contribution in [3.63, 3.8) is 0 Å². The highest BCUT2D eigenvalue weighted by Crippen LogP contribution is 1.92. The molecule has 0 atom stereocenters. The Balaban J connectivity index is 3.36. The Hall–Kier alpha value is -2.09. The lowest BCUT2D eigenvalue weighted by Gasteiger charge is -1.93. The molecule has 0 fully saturated rings. The lowest BCUT2D eigenvalue weighted by atomic mass is 10.3. The molecule has 5 nitrogen and oxygen atoms in total. The molecule has 0 amide bonds. The van der Waals surface area contributed by atoms with Crippen LogP contribution < -0.4 is 5.43 Å². The first-order valence-corrected chi connectivity index (χ1v) is 3.01. The number of hydrogen-bond donors (Lipinski definition) is 2. The van der Waals surface area contributed by atoms with Gasteiger partial charge in [-0.1, -0.05) is 0 Å². The molecule has 12 heavy (non-hydrogen) atoms. The van der Waals surface area contributed by atoms with Crippen molar-refractivity contribution in [3.05, 3.63) is 33.7 Å². The van der Waals surface area contributed by atoms with Gasteiger partial charge in [0.2, 0.25) is 0 Å². The summed E-state index contributed by atoms with van der Waals surface area (Å²) in [5.41, 5.74) is -0.832. The predicted octanol–water partition coefficient (Wildman–Crippen LogP) is -0.0552. The lowest BCUT2D eigenvalue weighted by molar-refractivity contribution is 0.0690. The van der Waals surface area contributed by atoms with Gasteiger partial charge in [-0.2, -0.15) is 5.26 Å². The van der Waals surface area contributed by atoms with Crippen LogP contribution in [0.15, 0.2) is 16.9 Å². The molecule has 0 radical (unpaired) electrons. The molecule has 0 aliphatic carbocycles. The molecule has 2 N–H and O–H groups in total. The number of pyridine rings is 1. The van der Waals surface area contributed by atoms with Crippen molar-refractivity contribution >= 4 is 5.97 Å². The first kappa shape index (κ1) is 8.01. The topological polar surface area (TPSA) is 93.9 Å². The Labute approximate surface area is 66.9 Å². The van der Waals surface area contributed by atoms with E-state index in [1.807, 2.05) is 0 Å². The molecule has 0 aliphatic rings. The van der Waals surface area contributed by atoms with Crippen molar-refractivity contribution < 1.29 is 9.90 Å². The van der Waals surface area contributed by atoms with Gasteiger partial charge in [-0.3, -0.25) is 4.79 Å². The van der Waals surface area contributed by atoms with Crippen LogP contribution in [0.25, 0.3) is 0 Å². The van der Waals surface area contributed by atoms with E-state index in [0.29, 0.717) is 0 Å². The average Bonchev–Trinajstić information content (AvgIpc) is 2.03. The summed E-state index contributed by atoms with van der Waals surface area (Å²) < 4.78 is 0. The molecule has 0 spiro atoms. The van der Waals surface area contributed by atoms with Crippen LogP contribution in [-0.2, 0) is 0 Å². The van der Waals surface area contributed by atoms with Gasteiger partial charge in [-0.05, 0) is 0 Å². The summed E-state index contributed by atoms with van der Waals surface area (Å²) >= 11 is 0. The Morgan fingerprint density at radius 3 is 2.75 bits per heavy atom. The summed E-state index contributed by atoms with van der Waals surface area (Å²) in [5.74, 6) is -1.26. The zero-order valence-corrected chi connectivity index (χ0v) is 5.87. The van der Waals surface area contributed by atoms with Crippen LogP contribution in [0, 0.1) is 11.3 Å². The van der Waals surface area contributed by atoms with Crippen molar-refractivity contribution in [2.45, 2.75) is 0 Å². The Kier molecular flexibility index (Phi) is 1.92. The molecule has 0 aromatic carbocycles. The van der Waals surface area contributed by atoms with E-state index in [9.17, 15) is 9.59 Å². The molecule has 0 saturated carbocycles. The molecule has 0 saturated heterocycles. The molecule has 1 aromatic rings. The van der Waals surface area contributed by atoms with Crippen LogP contribution in [0.4, 0.5) is 0 Å². The maximum absolute atomic E-state index is 10.7. The Bertz CT molecular complexity index is 413. The van der Waals surface area contributed by atoms with Gasteiger partial charge in [0.25, 0.3) is 0 Å². The van der Waals surface area contributed by atoms with E-state index in [-0.39, 0.29) is 11.4 Å². The van der Waals surface area contributed by atoms with Crippen molar-refractivity contribution in [2.75, 3.05) is 0 Å². The summed E-state index contributed by atoms with van der Waals surface area (Å²) in [4.78, 5) is 23.4. The van der Waals surface area contributed by atoms with Crippen LogP contribution >= 0.6 is 0 Å². The monoisotopic (exact) mass is 164 g/mol. The quantitative estimate of drug-likeness (QED) is 0.608. The second-order valence-corrected chi connectivity index (χ2v) is 2.06. The standard InChI is InChI=1S/C7H4N2O3/c8-3-4-1-5(10)2-6(9-4)7(11)12/h1-2H,(H,9,10)(H,11,12). The molecule has 5 heteroatoms. The van der Waals surface area contributed by atoms with Crippen LogP contribution in [0.3, 0.4) is 0 Å². The van der Waals surface area contributed by atoms with Gasteiger partial charge >= 0.3 is 5.97 Å². The second-order valence-electron chi connectivity index (χ2n) is 2.06. The number of nitrogens with zero attached hydrogens (tertiary/aromatic N) is 1. The van der Waals surface area contributed by atoms with E-state index in [2.05, 4.69) is 4.98 Å². The summed E-state index contributed by atoms with van der Waals surface area (Å²) in [6, 6.07) is 3.60. The fourth-order valence-electron chi connectivity index (χ4n) is 0.719. The van der Waals surface area contributed by atoms with Crippen molar-refractivity contribution in [1.82, 2.24) is 4.98 Å². The van der Waals surface area contributed by atoms with E-state index in [4.69, 9.17) is 10.4 Å². The molecule has 60 valence electrons. The summed E-state index contributed by atoms with van der Waals surface area (Å²) in [6.07, 6.45) is 0. The van der Waals surface area contributed by atoms with Crippen molar-refractivity contribution in [1.29, 1.82) is 5.26 Å². The number of carbonyl (C=O) groups is 1. The third-order valence-electron chi connectivity index (χ3n) is 1.19. The summed E-state index contributed by atoms with van der Waals surface area (Å²) in [6.45, 7) is 0. The minimum atomic E-state index is -1.26. The van der Waals surface area contributed by atoms with E-state index in [0.717, 1.165) is 12.1 Å². The highest BCUT2D eigenvalue weighted by molar-refractivity contribution is 5.85. The highest BCUT2D eigenvalue weighted by atomic mass is 16.4. The first-order valence-electron chi connectivity index (χ1n) is 3.01. The molecule has 1 heterocycles. The van der Waals surface area contributed by atoms with Gasteiger partial charge in [0.1, 0.15) is 17.5 Å². The third kappa shape index (κ3) is 1.49. The van der Waals surface area contributed by atoms with Gasteiger partial charge in [-0.15, -0.1) is 0 Å².